The quantitative estimate of drug-likeness (QED) is 0.861. The van der Waals surface area contributed by atoms with Gasteiger partial charge in [0, 0.05) is 43.4 Å². The average molecular weight is 332 g/mol. The van der Waals surface area contributed by atoms with E-state index in [1.54, 1.807) is 0 Å². The van der Waals surface area contributed by atoms with Gasteiger partial charge in [0.2, 0.25) is 0 Å². The number of nitrogens with zero attached hydrogens (tertiary/aromatic N) is 3. The van der Waals surface area contributed by atoms with Crippen molar-refractivity contribution in [1.29, 1.82) is 0 Å². The third kappa shape index (κ3) is 3.38. The van der Waals surface area contributed by atoms with E-state index in [1.807, 2.05) is 12.3 Å². The maximum atomic E-state index is 4.42. The molecule has 0 amide bonds. The van der Waals surface area contributed by atoms with Crippen molar-refractivity contribution in [2.24, 2.45) is 0 Å². The normalized spacial score (nSPS) is 16.4. The molecule has 0 unspecified atom stereocenters. The zero-order valence-corrected chi connectivity index (χ0v) is 13.0. The van der Waals surface area contributed by atoms with Gasteiger partial charge in [-0.15, -0.1) is 0 Å². The Labute approximate surface area is 128 Å². The van der Waals surface area contributed by atoms with Crippen molar-refractivity contribution in [3.63, 3.8) is 0 Å². The van der Waals surface area contributed by atoms with Crippen molar-refractivity contribution in [3.8, 4) is 0 Å². The molecule has 0 N–H and O–H groups in total. The largest absolute Gasteiger partial charge is 0.354 e. The highest BCUT2D eigenvalue weighted by molar-refractivity contribution is 9.10. The Morgan fingerprint density at radius 3 is 2.35 bits per heavy atom. The molecule has 0 atom stereocenters. The van der Waals surface area contributed by atoms with E-state index in [2.05, 4.69) is 67.1 Å². The molecule has 0 spiro atoms. The summed E-state index contributed by atoms with van der Waals surface area (Å²) in [4.78, 5) is 9.29. The highest BCUT2D eigenvalue weighted by atomic mass is 79.9. The van der Waals surface area contributed by atoms with Crippen LogP contribution in [0.2, 0.25) is 0 Å². The summed E-state index contributed by atoms with van der Waals surface area (Å²) < 4.78 is 1.14. The SMILES string of the molecule is Brc1ccc(CN2CCN(c3ccccn3)CC2)cc1. The Morgan fingerprint density at radius 2 is 1.70 bits per heavy atom. The summed E-state index contributed by atoms with van der Waals surface area (Å²) in [5.74, 6) is 1.09. The molecule has 0 radical (unpaired) electrons. The van der Waals surface area contributed by atoms with Crippen molar-refractivity contribution < 1.29 is 0 Å². The number of pyridine rings is 1. The fourth-order valence-corrected chi connectivity index (χ4v) is 2.79. The predicted octanol–water partition coefficient (Wildman–Crippen LogP) is 3.17. The second-order valence-electron chi connectivity index (χ2n) is 5.08. The molecule has 1 aromatic heterocycles. The summed E-state index contributed by atoms with van der Waals surface area (Å²) in [6.07, 6.45) is 1.86. The molecule has 0 bridgehead atoms. The molecular formula is C16H18BrN3. The van der Waals surface area contributed by atoms with Gasteiger partial charge in [0.1, 0.15) is 5.82 Å². The summed E-state index contributed by atoms with van der Waals surface area (Å²) in [6, 6.07) is 14.7. The Kier molecular flexibility index (Phi) is 4.33. The maximum absolute atomic E-state index is 4.42. The third-order valence-corrected chi connectivity index (χ3v) is 4.19. The number of piperazine rings is 1. The number of aromatic nitrogens is 1. The van der Waals surface area contributed by atoms with Crippen molar-refractivity contribution in [3.05, 3.63) is 58.7 Å². The topological polar surface area (TPSA) is 19.4 Å². The molecule has 1 saturated heterocycles. The highest BCUT2D eigenvalue weighted by Gasteiger charge is 2.17. The van der Waals surface area contributed by atoms with Crippen molar-refractivity contribution in [1.82, 2.24) is 9.88 Å². The van der Waals surface area contributed by atoms with E-state index in [4.69, 9.17) is 0 Å². The van der Waals surface area contributed by atoms with E-state index in [0.717, 1.165) is 43.0 Å². The lowest BCUT2D eigenvalue weighted by atomic mass is 10.2. The molecule has 104 valence electrons. The number of rotatable bonds is 3. The van der Waals surface area contributed by atoms with Gasteiger partial charge in [-0.25, -0.2) is 4.98 Å². The molecule has 1 aliphatic heterocycles. The smallest absolute Gasteiger partial charge is 0.128 e. The molecule has 0 saturated carbocycles. The fraction of sp³-hybridized carbons (Fsp3) is 0.312. The minimum absolute atomic E-state index is 1.03. The Bertz CT molecular complexity index is 533. The second-order valence-corrected chi connectivity index (χ2v) is 5.99. The first-order valence-electron chi connectivity index (χ1n) is 6.94. The molecule has 1 aliphatic rings. The zero-order valence-electron chi connectivity index (χ0n) is 11.4. The summed E-state index contributed by atoms with van der Waals surface area (Å²) in [7, 11) is 0. The van der Waals surface area contributed by atoms with Crippen molar-refractivity contribution >= 4 is 21.7 Å². The molecule has 20 heavy (non-hydrogen) atoms. The number of hydrogen-bond donors (Lipinski definition) is 0. The van der Waals surface area contributed by atoms with Gasteiger partial charge in [0.25, 0.3) is 0 Å². The van der Waals surface area contributed by atoms with Crippen LogP contribution < -0.4 is 4.90 Å². The van der Waals surface area contributed by atoms with Crippen molar-refractivity contribution in [2.45, 2.75) is 6.54 Å². The van der Waals surface area contributed by atoms with Crippen LogP contribution in [0.5, 0.6) is 0 Å². The van der Waals surface area contributed by atoms with Crippen molar-refractivity contribution in [2.75, 3.05) is 31.1 Å². The van der Waals surface area contributed by atoms with Crippen LogP contribution in [0.1, 0.15) is 5.56 Å². The van der Waals surface area contributed by atoms with Crippen LogP contribution in [0.15, 0.2) is 53.1 Å². The van der Waals surface area contributed by atoms with Crippen LogP contribution in [0.25, 0.3) is 0 Å². The van der Waals surface area contributed by atoms with Gasteiger partial charge >= 0.3 is 0 Å². The third-order valence-electron chi connectivity index (χ3n) is 3.67. The van der Waals surface area contributed by atoms with Gasteiger partial charge in [0.05, 0.1) is 0 Å². The lowest BCUT2D eigenvalue weighted by Gasteiger charge is -2.35. The van der Waals surface area contributed by atoms with Crippen LogP contribution in [0.3, 0.4) is 0 Å². The molecule has 3 nitrogen and oxygen atoms in total. The lowest BCUT2D eigenvalue weighted by Crippen LogP contribution is -2.46. The summed E-state index contributed by atoms with van der Waals surface area (Å²) in [6.45, 7) is 5.31. The van der Waals surface area contributed by atoms with Crippen LogP contribution >= 0.6 is 15.9 Å². The van der Waals surface area contributed by atoms with Crippen LogP contribution in [-0.2, 0) is 6.54 Å². The molecular weight excluding hydrogens is 314 g/mol. The van der Waals surface area contributed by atoms with Gasteiger partial charge in [-0.05, 0) is 29.8 Å². The molecule has 2 aromatic rings. The monoisotopic (exact) mass is 331 g/mol. The fourth-order valence-electron chi connectivity index (χ4n) is 2.52. The standard InChI is InChI=1S/C16H18BrN3/c17-15-6-4-14(5-7-15)13-19-9-11-20(12-10-19)16-3-1-2-8-18-16/h1-8H,9-13H2. The van der Waals surface area contributed by atoms with E-state index in [-0.39, 0.29) is 0 Å². The summed E-state index contributed by atoms with van der Waals surface area (Å²) >= 11 is 3.48. The number of hydrogen-bond acceptors (Lipinski definition) is 3. The van der Waals surface area contributed by atoms with E-state index >= 15 is 0 Å². The average Bonchev–Trinajstić information content (AvgIpc) is 2.51. The maximum Gasteiger partial charge on any atom is 0.128 e. The Morgan fingerprint density at radius 1 is 0.950 bits per heavy atom. The van der Waals surface area contributed by atoms with Crippen LogP contribution in [-0.4, -0.2) is 36.1 Å². The number of halogens is 1. The molecule has 0 aliphatic carbocycles. The highest BCUT2D eigenvalue weighted by Crippen LogP contribution is 2.16. The first-order chi connectivity index (χ1) is 9.81. The van der Waals surface area contributed by atoms with E-state index in [9.17, 15) is 0 Å². The Hall–Kier alpha value is -1.39. The zero-order chi connectivity index (χ0) is 13.8. The summed E-state index contributed by atoms with van der Waals surface area (Å²) in [5.41, 5.74) is 1.37. The second kappa shape index (κ2) is 6.37. The molecule has 3 rings (SSSR count). The van der Waals surface area contributed by atoms with E-state index in [1.165, 1.54) is 5.56 Å². The lowest BCUT2D eigenvalue weighted by molar-refractivity contribution is 0.249. The van der Waals surface area contributed by atoms with E-state index in [0.29, 0.717) is 0 Å². The first kappa shape index (κ1) is 13.6. The minimum atomic E-state index is 1.03. The first-order valence-corrected chi connectivity index (χ1v) is 7.73. The molecule has 1 aromatic carbocycles. The van der Waals surface area contributed by atoms with E-state index < -0.39 is 0 Å². The number of anilines is 1. The molecule has 4 heteroatoms. The molecule has 1 fully saturated rings. The summed E-state index contributed by atoms with van der Waals surface area (Å²) in [5, 5.41) is 0. The minimum Gasteiger partial charge on any atom is -0.354 e. The van der Waals surface area contributed by atoms with Crippen LogP contribution in [0, 0.1) is 0 Å². The van der Waals surface area contributed by atoms with Gasteiger partial charge in [0.15, 0.2) is 0 Å². The predicted molar refractivity (Wildman–Crippen MR) is 85.9 cm³/mol. The molecule has 2 heterocycles. The van der Waals surface area contributed by atoms with Gasteiger partial charge < -0.3 is 4.90 Å². The van der Waals surface area contributed by atoms with Gasteiger partial charge in [-0.2, -0.15) is 0 Å². The number of benzene rings is 1. The Balaban J connectivity index is 1.55. The van der Waals surface area contributed by atoms with Gasteiger partial charge in [-0.1, -0.05) is 34.1 Å². The van der Waals surface area contributed by atoms with Crippen LogP contribution in [0.4, 0.5) is 5.82 Å². The van der Waals surface area contributed by atoms with Gasteiger partial charge in [-0.3, -0.25) is 4.90 Å².